The number of carboxylic acids is 1. The number of carbonyl (C=O) groups excluding carboxylic acids is 1. The molecular weight excluding hydrogens is 234 g/mol. The van der Waals surface area contributed by atoms with Crippen LogP contribution in [-0.4, -0.2) is 33.3 Å². The van der Waals surface area contributed by atoms with Gasteiger partial charge in [-0.25, -0.2) is 0 Å². The fourth-order valence-electron chi connectivity index (χ4n) is 2.24. The van der Waals surface area contributed by atoms with E-state index in [1.807, 2.05) is 0 Å². The summed E-state index contributed by atoms with van der Waals surface area (Å²) in [5, 5.41) is 15.9. The highest BCUT2D eigenvalue weighted by Crippen LogP contribution is 2.40. The van der Waals surface area contributed by atoms with Crippen LogP contribution in [0.2, 0.25) is 0 Å². The summed E-state index contributed by atoms with van der Waals surface area (Å²) in [4.78, 5) is 23.1. The van der Waals surface area contributed by atoms with Crippen molar-refractivity contribution in [3.05, 3.63) is 17.5 Å². The molecule has 1 aromatic heterocycles. The molecule has 0 aromatic carbocycles. The Kier molecular flexibility index (Phi) is 3.11. The van der Waals surface area contributed by atoms with E-state index in [1.165, 1.54) is 0 Å². The van der Waals surface area contributed by atoms with Crippen LogP contribution in [0.4, 0.5) is 0 Å². The lowest BCUT2D eigenvalue weighted by atomic mass is 9.69. The van der Waals surface area contributed by atoms with Gasteiger partial charge in [0.1, 0.15) is 0 Å². The number of carboxylic acid groups (broad SMARTS) is 1. The Morgan fingerprint density at radius 1 is 1.56 bits per heavy atom. The van der Waals surface area contributed by atoms with Crippen LogP contribution in [0.15, 0.2) is 6.20 Å². The predicted molar refractivity (Wildman–Crippen MR) is 64.2 cm³/mol. The molecule has 1 aromatic rings. The fourth-order valence-corrected chi connectivity index (χ4v) is 2.24. The second kappa shape index (κ2) is 4.44. The average Bonchev–Trinajstić information content (AvgIpc) is 2.55. The molecule has 1 aliphatic carbocycles. The molecule has 0 bridgehead atoms. The van der Waals surface area contributed by atoms with E-state index < -0.39 is 11.4 Å². The normalized spacial score (nSPS) is 17.0. The van der Waals surface area contributed by atoms with E-state index in [9.17, 15) is 9.59 Å². The van der Waals surface area contributed by atoms with Crippen molar-refractivity contribution >= 4 is 11.9 Å². The number of hydrogen-bond acceptors (Lipinski definition) is 3. The van der Waals surface area contributed by atoms with Gasteiger partial charge < -0.3 is 10.4 Å². The number of aliphatic carboxylic acids is 1. The molecule has 2 rings (SSSR count). The smallest absolute Gasteiger partial charge is 0.311 e. The number of rotatable bonds is 4. The third-order valence-electron chi connectivity index (χ3n) is 3.61. The summed E-state index contributed by atoms with van der Waals surface area (Å²) >= 11 is 0. The Morgan fingerprint density at radius 2 is 2.22 bits per heavy atom. The van der Waals surface area contributed by atoms with Crippen molar-refractivity contribution in [2.45, 2.75) is 26.2 Å². The predicted octanol–water partition coefficient (Wildman–Crippen LogP) is 0.713. The lowest BCUT2D eigenvalue weighted by molar-refractivity contribution is -0.153. The molecule has 0 radical (unpaired) electrons. The van der Waals surface area contributed by atoms with Gasteiger partial charge in [0.2, 0.25) is 0 Å². The summed E-state index contributed by atoms with van der Waals surface area (Å²) in [7, 11) is 1.74. The molecule has 18 heavy (non-hydrogen) atoms. The molecule has 0 saturated heterocycles. The maximum Gasteiger partial charge on any atom is 0.311 e. The van der Waals surface area contributed by atoms with Crippen molar-refractivity contribution in [3.63, 3.8) is 0 Å². The van der Waals surface area contributed by atoms with E-state index in [0.29, 0.717) is 24.1 Å². The second-order valence-electron chi connectivity index (χ2n) is 4.92. The number of carbonyl (C=O) groups is 2. The molecule has 1 saturated carbocycles. The van der Waals surface area contributed by atoms with Gasteiger partial charge in [0.15, 0.2) is 0 Å². The van der Waals surface area contributed by atoms with Gasteiger partial charge in [0, 0.05) is 19.8 Å². The summed E-state index contributed by atoms with van der Waals surface area (Å²) in [5.74, 6) is -1.08. The molecule has 0 unspecified atom stereocenters. The van der Waals surface area contributed by atoms with E-state index in [2.05, 4.69) is 10.4 Å². The van der Waals surface area contributed by atoms with Crippen molar-refractivity contribution in [3.8, 4) is 0 Å². The van der Waals surface area contributed by atoms with Gasteiger partial charge in [-0.3, -0.25) is 14.3 Å². The Hall–Kier alpha value is -1.85. The van der Waals surface area contributed by atoms with E-state index in [-0.39, 0.29) is 12.5 Å². The van der Waals surface area contributed by atoms with Crippen LogP contribution in [-0.2, 0) is 11.8 Å². The van der Waals surface area contributed by atoms with E-state index in [4.69, 9.17) is 5.11 Å². The Balaban J connectivity index is 2.00. The van der Waals surface area contributed by atoms with Crippen molar-refractivity contribution in [2.75, 3.05) is 6.54 Å². The molecular formula is C12H17N3O3. The summed E-state index contributed by atoms with van der Waals surface area (Å²) in [6.07, 6.45) is 3.82. The van der Waals surface area contributed by atoms with E-state index in [1.54, 1.807) is 24.9 Å². The first-order valence-corrected chi connectivity index (χ1v) is 5.96. The van der Waals surface area contributed by atoms with Crippen LogP contribution in [0.5, 0.6) is 0 Å². The summed E-state index contributed by atoms with van der Waals surface area (Å²) in [5.41, 5.74) is 0.386. The summed E-state index contributed by atoms with van der Waals surface area (Å²) in [6, 6.07) is 0. The van der Waals surface area contributed by atoms with Crippen LogP contribution in [0.3, 0.4) is 0 Å². The van der Waals surface area contributed by atoms with Crippen molar-refractivity contribution < 1.29 is 14.7 Å². The average molecular weight is 251 g/mol. The number of nitrogens with zero attached hydrogens (tertiary/aromatic N) is 2. The van der Waals surface area contributed by atoms with Crippen molar-refractivity contribution in [1.29, 1.82) is 0 Å². The molecule has 6 heteroatoms. The van der Waals surface area contributed by atoms with Crippen molar-refractivity contribution in [2.24, 2.45) is 12.5 Å². The van der Waals surface area contributed by atoms with Gasteiger partial charge in [0.05, 0.1) is 16.7 Å². The zero-order chi connectivity index (χ0) is 13.3. The highest BCUT2D eigenvalue weighted by atomic mass is 16.4. The SMILES string of the molecule is Cc1nn(C)cc1C(=O)NCC1(C(=O)O)CCC1. The maximum atomic E-state index is 11.9. The topological polar surface area (TPSA) is 84.2 Å². The Bertz CT molecular complexity index is 489. The minimum atomic E-state index is -0.822. The van der Waals surface area contributed by atoms with Gasteiger partial charge in [-0.05, 0) is 19.8 Å². The first-order valence-electron chi connectivity index (χ1n) is 5.96. The molecule has 1 aliphatic rings. The van der Waals surface area contributed by atoms with Gasteiger partial charge >= 0.3 is 5.97 Å². The first-order chi connectivity index (χ1) is 8.44. The number of aromatic nitrogens is 2. The fraction of sp³-hybridized carbons (Fsp3) is 0.583. The van der Waals surface area contributed by atoms with Crippen LogP contribution in [0.1, 0.15) is 35.3 Å². The monoisotopic (exact) mass is 251 g/mol. The minimum absolute atomic E-state index is 0.190. The maximum absolute atomic E-state index is 11.9. The molecule has 0 atom stereocenters. The zero-order valence-corrected chi connectivity index (χ0v) is 10.6. The van der Waals surface area contributed by atoms with Crippen LogP contribution >= 0.6 is 0 Å². The highest BCUT2D eigenvalue weighted by Gasteiger charge is 2.44. The van der Waals surface area contributed by atoms with E-state index in [0.717, 1.165) is 6.42 Å². The standard InChI is InChI=1S/C12H17N3O3/c1-8-9(6-15(2)14-8)10(16)13-7-12(11(17)18)4-3-5-12/h6H,3-5,7H2,1-2H3,(H,13,16)(H,17,18). The molecule has 98 valence electrons. The largest absolute Gasteiger partial charge is 0.481 e. The number of amides is 1. The highest BCUT2D eigenvalue weighted by molar-refractivity contribution is 5.95. The molecule has 0 aliphatic heterocycles. The zero-order valence-electron chi connectivity index (χ0n) is 10.6. The summed E-state index contributed by atoms with van der Waals surface area (Å²) in [6.45, 7) is 1.95. The first kappa shape index (κ1) is 12.6. The third kappa shape index (κ3) is 2.10. The Labute approximate surface area is 105 Å². The van der Waals surface area contributed by atoms with E-state index >= 15 is 0 Å². The number of aryl methyl sites for hydroxylation is 2. The van der Waals surface area contributed by atoms with Gasteiger partial charge in [-0.2, -0.15) is 5.10 Å². The minimum Gasteiger partial charge on any atom is -0.481 e. The lowest BCUT2D eigenvalue weighted by Crippen LogP contribution is -2.47. The lowest BCUT2D eigenvalue weighted by Gasteiger charge is -2.37. The number of hydrogen-bond donors (Lipinski definition) is 2. The van der Waals surface area contributed by atoms with Gasteiger partial charge in [-0.15, -0.1) is 0 Å². The van der Waals surface area contributed by atoms with Crippen LogP contribution in [0, 0.1) is 12.3 Å². The summed E-state index contributed by atoms with van der Waals surface area (Å²) < 4.78 is 1.57. The second-order valence-corrected chi connectivity index (χ2v) is 4.92. The quantitative estimate of drug-likeness (QED) is 0.825. The number of nitrogens with one attached hydrogen (secondary N) is 1. The third-order valence-corrected chi connectivity index (χ3v) is 3.61. The van der Waals surface area contributed by atoms with Gasteiger partial charge in [-0.1, -0.05) is 6.42 Å². The molecule has 1 amide bonds. The van der Waals surface area contributed by atoms with Crippen LogP contribution < -0.4 is 5.32 Å². The van der Waals surface area contributed by atoms with Crippen LogP contribution in [0.25, 0.3) is 0 Å². The molecule has 0 spiro atoms. The van der Waals surface area contributed by atoms with Crippen molar-refractivity contribution in [1.82, 2.24) is 15.1 Å². The van der Waals surface area contributed by atoms with Gasteiger partial charge in [0.25, 0.3) is 5.91 Å². The molecule has 1 heterocycles. The molecule has 1 fully saturated rings. The Morgan fingerprint density at radius 3 is 2.61 bits per heavy atom. The molecule has 2 N–H and O–H groups in total. The molecule has 6 nitrogen and oxygen atoms in total.